The Hall–Kier alpha value is -2.55. The predicted octanol–water partition coefficient (Wildman–Crippen LogP) is 2.87. The van der Waals surface area contributed by atoms with Crippen LogP contribution in [-0.4, -0.2) is 21.4 Å². The molecule has 0 unspecified atom stereocenters. The van der Waals surface area contributed by atoms with E-state index in [-0.39, 0.29) is 11.3 Å². The molecule has 0 heterocycles. The average Bonchev–Trinajstić information content (AvgIpc) is 2.53. The summed E-state index contributed by atoms with van der Waals surface area (Å²) in [4.78, 5) is 10.8. The van der Waals surface area contributed by atoms with Gasteiger partial charge in [0, 0.05) is 7.05 Å². The van der Waals surface area contributed by atoms with Gasteiger partial charge < -0.3 is 5.32 Å². The molecule has 0 atom stereocenters. The van der Waals surface area contributed by atoms with E-state index < -0.39 is 32.6 Å². The molecule has 2 rings (SSSR count). The first-order valence-corrected chi connectivity index (χ1v) is 8.15. The second-order valence-electron chi connectivity index (χ2n) is 4.72. The Kier molecular flexibility index (Phi) is 4.83. The number of anilines is 1. The number of benzene rings is 2. The number of sulfonamides is 1. The molecule has 1 amide bonds. The minimum Gasteiger partial charge on any atom is -0.355 e. The van der Waals surface area contributed by atoms with Crippen LogP contribution >= 0.6 is 0 Å². The largest absolute Gasteiger partial charge is 0.417 e. The van der Waals surface area contributed by atoms with Gasteiger partial charge in [-0.1, -0.05) is 24.3 Å². The second kappa shape index (κ2) is 6.52. The van der Waals surface area contributed by atoms with Crippen LogP contribution in [0.1, 0.15) is 15.9 Å². The Balaban J connectivity index is 2.51. The van der Waals surface area contributed by atoms with Crippen molar-refractivity contribution >= 4 is 21.6 Å². The van der Waals surface area contributed by atoms with Gasteiger partial charge in [-0.15, -0.1) is 0 Å². The van der Waals surface area contributed by atoms with Crippen LogP contribution in [0.15, 0.2) is 53.4 Å². The van der Waals surface area contributed by atoms with E-state index in [0.717, 1.165) is 12.1 Å². The van der Waals surface area contributed by atoms with Crippen LogP contribution in [0.2, 0.25) is 0 Å². The van der Waals surface area contributed by atoms with Crippen molar-refractivity contribution in [3.8, 4) is 0 Å². The molecular formula is C15H13F3N2O3S. The highest BCUT2D eigenvalue weighted by Crippen LogP contribution is 2.34. The molecule has 24 heavy (non-hydrogen) atoms. The maximum atomic E-state index is 13.0. The van der Waals surface area contributed by atoms with Gasteiger partial charge in [0.05, 0.1) is 21.7 Å². The normalized spacial score (nSPS) is 11.8. The number of carbonyl (C=O) groups excluding carboxylic acids is 1. The van der Waals surface area contributed by atoms with Crippen LogP contribution in [0.5, 0.6) is 0 Å². The van der Waals surface area contributed by atoms with Crippen LogP contribution in [0.25, 0.3) is 0 Å². The topological polar surface area (TPSA) is 75.3 Å². The van der Waals surface area contributed by atoms with Crippen molar-refractivity contribution in [2.75, 3.05) is 11.8 Å². The van der Waals surface area contributed by atoms with Crippen molar-refractivity contribution in [3.63, 3.8) is 0 Å². The van der Waals surface area contributed by atoms with Crippen molar-refractivity contribution in [2.45, 2.75) is 11.1 Å². The molecule has 0 bridgehead atoms. The fraction of sp³-hybridized carbons (Fsp3) is 0.133. The Morgan fingerprint density at radius 1 is 1.00 bits per heavy atom. The SMILES string of the molecule is CNC(=O)c1ccccc1NS(=O)(=O)c1ccccc1C(F)(F)F. The molecule has 2 N–H and O–H groups in total. The van der Waals surface area contributed by atoms with E-state index in [9.17, 15) is 26.4 Å². The summed E-state index contributed by atoms with van der Waals surface area (Å²) in [6.45, 7) is 0. The van der Waals surface area contributed by atoms with E-state index in [1.807, 2.05) is 4.72 Å². The van der Waals surface area contributed by atoms with Crippen LogP contribution in [0.4, 0.5) is 18.9 Å². The van der Waals surface area contributed by atoms with Crippen LogP contribution < -0.4 is 10.0 Å². The molecule has 0 saturated carbocycles. The predicted molar refractivity (Wildman–Crippen MR) is 82.1 cm³/mol. The zero-order valence-electron chi connectivity index (χ0n) is 12.4. The zero-order chi connectivity index (χ0) is 18.0. The molecule has 0 fully saturated rings. The summed E-state index contributed by atoms with van der Waals surface area (Å²) >= 11 is 0. The highest BCUT2D eigenvalue weighted by Gasteiger charge is 2.37. The maximum Gasteiger partial charge on any atom is 0.417 e. The van der Waals surface area contributed by atoms with Gasteiger partial charge in [0.2, 0.25) is 0 Å². The summed E-state index contributed by atoms with van der Waals surface area (Å²) in [5, 5.41) is 2.33. The molecule has 0 aliphatic carbocycles. The Morgan fingerprint density at radius 3 is 2.21 bits per heavy atom. The number of halogens is 3. The fourth-order valence-corrected chi connectivity index (χ4v) is 3.35. The second-order valence-corrected chi connectivity index (χ2v) is 6.37. The first-order chi connectivity index (χ1) is 11.2. The summed E-state index contributed by atoms with van der Waals surface area (Å²) in [5.41, 5.74) is -1.41. The number of alkyl halides is 3. The highest BCUT2D eigenvalue weighted by molar-refractivity contribution is 7.92. The molecule has 0 spiro atoms. The molecule has 128 valence electrons. The van der Waals surface area contributed by atoms with E-state index in [0.29, 0.717) is 6.07 Å². The summed E-state index contributed by atoms with van der Waals surface area (Å²) in [6.07, 6.45) is -4.83. The van der Waals surface area contributed by atoms with Gasteiger partial charge >= 0.3 is 6.18 Å². The molecule has 5 nitrogen and oxygen atoms in total. The molecule has 0 saturated heterocycles. The zero-order valence-corrected chi connectivity index (χ0v) is 13.2. The van der Waals surface area contributed by atoms with E-state index in [4.69, 9.17) is 0 Å². The van der Waals surface area contributed by atoms with Gasteiger partial charge in [0.25, 0.3) is 15.9 Å². The molecule has 0 aromatic heterocycles. The third kappa shape index (κ3) is 3.67. The van der Waals surface area contributed by atoms with E-state index in [1.165, 1.54) is 37.4 Å². The lowest BCUT2D eigenvalue weighted by molar-refractivity contribution is -0.139. The lowest BCUT2D eigenvalue weighted by atomic mass is 10.2. The average molecular weight is 358 g/mol. The molecule has 2 aromatic rings. The van der Waals surface area contributed by atoms with Crippen molar-refractivity contribution in [1.82, 2.24) is 5.32 Å². The van der Waals surface area contributed by atoms with Gasteiger partial charge in [0.15, 0.2) is 0 Å². The Labute approximate surface area is 136 Å². The van der Waals surface area contributed by atoms with Crippen molar-refractivity contribution in [3.05, 3.63) is 59.7 Å². The van der Waals surface area contributed by atoms with E-state index in [1.54, 1.807) is 0 Å². The Morgan fingerprint density at radius 2 is 1.58 bits per heavy atom. The molecular weight excluding hydrogens is 345 g/mol. The fourth-order valence-electron chi connectivity index (χ4n) is 2.04. The maximum absolute atomic E-state index is 13.0. The molecule has 2 aromatic carbocycles. The number of para-hydroxylation sites is 1. The van der Waals surface area contributed by atoms with Gasteiger partial charge in [0.1, 0.15) is 0 Å². The molecule has 0 aliphatic heterocycles. The third-order valence-electron chi connectivity index (χ3n) is 3.13. The van der Waals surface area contributed by atoms with Gasteiger partial charge in [-0.05, 0) is 24.3 Å². The number of amides is 1. The summed E-state index contributed by atoms with van der Waals surface area (Å²) in [7, 11) is -3.19. The van der Waals surface area contributed by atoms with Crippen LogP contribution in [0, 0.1) is 0 Å². The summed E-state index contributed by atoms with van der Waals surface area (Å²) in [6, 6.07) is 9.43. The smallest absolute Gasteiger partial charge is 0.355 e. The van der Waals surface area contributed by atoms with Crippen LogP contribution in [-0.2, 0) is 16.2 Å². The highest BCUT2D eigenvalue weighted by atomic mass is 32.2. The molecule has 0 aliphatic rings. The monoisotopic (exact) mass is 358 g/mol. The molecule has 0 radical (unpaired) electrons. The Bertz CT molecular complexity index is 864. The van der Waals surface area contributed by atoms with Gasteiger partial charge in [-0.25, -0.2) is 8.42 Å². The standard InChI is InChI=1S/C15H13F3N2O3S/c1-19-14(21)10-6-2-4-8-12(10)20-24(22,23)13-9-5-3-7-11(13)15(16,17)18/h2-9,20H,1H3,(H,19,21). The van der Waals surface area contributed by atoms with Gasteiger partial charge in [-0.3, -0.25) is 9.52 Å². The van der Waals surface area contributed by atoms with Crippen molar-refractivity contribution < 1.29 is 26.4 Å². The quantitative estimate of drug-likeness (QED) is 0.883. The van der Waals surface area contributed by atoms with Crippen LogP contribution in [0.3, 0.4) is 0 Å². The minimum atomic E-state index is -4.83. The first kappa shape index (κ1) is 17.8. The lowest BCUT2D eigenvalue weighted by Gasteiger charge is -2.15. The van der Waals surface area contributed by atoms with Gasteiger partial charge in [-0.2, -0.15) is 13.2 Å². The first-order valence-electron chi connectivity index (χ1n) is 6.67. The van der Waals surface area contributed by atoms with E-state index in [2.05, 4.69) is 5.32 Å². The number of hydrogen-bond acceptors (Lipinski definition) is 3. The number of hydrogen-bond donors (Lipinski definition) is 2. The van der Waals surface area contributed by atoms with Crippen molar-refractivity contribution in [2.24, 2.45) is 0 Å². The number of rotatable bonds is 4. The number of nitrogens with one attached hydrogen (secondary N) is 2. The minimum absolute atomic E-state index is 0.00642. The summed E-state index contributed by atoms with van der Waals surface area (Å²) < 4.78 is 65.9. The third-order valence-corrected chi connectivity index (χ3v) is 4.55. The summed E-state index contributed by atoms with van der Waals surface area (Å²) in [5.74, 6) is -0.572. The lowest BCUT2D eigenvalue weighted by Crippen LogP contribution is -2.23. The van der Waals surface area contributed by atoms with Crippen molar-refractivity contribution in [1.29, 1.82) is 0 Å². The van der Waals surface area contributed by atoms with E-state index >= 15 is 0 Å². The number of carbonyl (C=O) groups is 1. The molecule has 9 heteroatoms.